The van der Waals surface area contributed by atoms with Gasteiger partial charge in [0.05, 0.1) is 32.7 Å². The van der Waals surface area contributed by atoms with Crippen LogP contribution in [0.2, 0.25) is 0 Å². The largest absolute Gasteiger partial charge is 0.497 e. The maximum absolute atomic E-state index is 14.3. The van der Waals surface area contributed by atoms with Crippen LogP contribution in [-0.4, -0.2) is 108 Å². The summed E-state index contributed by atoms with van der Waals surface area (Å²) in [7, 11) is 1.50. The van der Waals surface area contributed by atoms with Crippen molar-refractivity contribution in [3.8, 4) is 11.5 Å². The minimum Gasteiger partial charge on any atom is -0.497 e. The van der Waals surface area contributed by atoms with Crippen LogP contribution >= 0.6 is 0 Å². The van der Waals surface area contributed by atoms with E-state index in [4.69, 9.17) is 14.6 Å². The highest BCUT2D eigenvalue weighted by Gasteiger charge is 2.42. The van der Waals surface area contributed by atoms with E-state index in [0.29, 0.717) is 48.3 Å². The number of carboxylic acids is 1. The average Bonchev–Trinajstić information content (AvgIpc) is 3.71. The summed E-state index contributed by atoms with van der Waals surface area (Å²) in [6.45, 7) is 1.62. The second-order valence-electron chi connectivity index (χ2n) is 14.4. The number of aliphatic carboxylic acids is 1. The van der Waals surface area contributed by atoms with Crippen LogP contribution < -0.4 is 30.7 Å². The fourth-order valence-electron chi connectivity index (χ4n) is 7.31. The van der Waals surface area contributed by atoms with Gasteiger partial charge in [-0.3, -0.25) is 28.8 Å². The summed E-state index contributed by atoms with van der Waals surface area (Å²) in [5, 5.41) is 28.9. The third kappa shape index (κ3) is 13.0. The first kappa shape index (κ1) is 44.2. The Morgan fingerprint density at radius 1 is 0.877 bits per heavy atom. The lowest BCUT2D eigenvalue weighted by molar-refractivity contribution is -0.144. The number of benzene rings is 2. The lowest BCUT2D eigenvalue weighted by Crippen LogP contribution is -2.58. The number of ketones is 1. The number of carbonyl (C=O) groups excluding carboxylic acids is 6. The molecule has 6 N–H and O–H groups in total. The van der Waals surface area contributed by atoms with Crippen molar-refractivity contribution in [3.63, 3.8) is 0 Å². The molecule has 2 aromatic carbocycles. The van der Waals surface area contributed by atoms with E-state index >= 15 is 0 Å². The van der Waals surface area contributed by atoms with Gasteiger partial charge in [-0.15, -0.1) is 0 Å². The van der Waals surface area contributed by atoms with Crippen molar-refractivity contribution in [1.29, 1.82) is 0 Å². The number of aliphatic hydroxyl groups excluding tert-OH is 1. The molecule has 0 bridgehead atoms. The SMILES string of the molecule is CCCC(NC(=O)[C@@H]1CCCN1C(=O)C(NC(=O)Cc1cc(OC)cc(OCCCO)c1)C1CCCCC1)C(=O)C(=O)NCC(=O)N[C@H](C(=O)O)c1ccccc1. The van der Waals surface area contributed by atoms with E-state index in [1.54, 1.807) is 43.3 Å². The second kappa shape index (κ2) is 22.3. The molecule has 0 radical (unpaired) electrons. The molecule has 4 atom stereocenters. The monoisotopic (exact) mass is 793 g/mol. The fourth-order valence-corrected chi connectivity index (χ4v) is 7.31. The molecular formula is C41H55N5O11. The molecule has 16 nitrogen and oxygen atoms in total. The summed E-state index contributed by atoms with van der Waals surface area (Å²) in [5.74, 6) is -4.82. The summed E-state index contributed by atoms with van der Waals surface area (Å²) in [6, 6.07) is 8.66. The molecule has 2 aromatic rings. The lowest BCUT2D eigenvalue weighted by Gasteiger charge is -2.35. The van der Waals surface area contributed by atoms with Gasteiger partial charge in [0.25, 0.3) is 5.91 Å². The molecule has 1 saturated carbocycles. The molecule has 1 heterocycles. The van der Waals surface area contributed by atoms with Crippen LogP contribution in [0.25, 0.3) is 0 Å². The zero-order chi connectivity index (χ0) is 41.3. The molecule has 1 saturated heterocycles. The topological polar surface area (TPSA) is 230 Å². The third-order valence-electron chi connectivity index (χ3n) is 10.2. The van der Waals surface area contributed by atoms with Crippen molar-refractivity contribution in [2.24, 2.45) is 5.92 Å². The van der Waals surface area contributed by atoms with E-state index in [1.165, 1.54) is 24.1 Å². The Kier molecular flexibility index (Phi) is 17.3. The van der Waals surface area contributed by atoms with Gasteiger partial charge in [-0.2, -0.15) is 0 Å². The maximum atomic E-state index is 14.3. The van der Waals surface area contributed by atoms with Crippen LogP contribution in [-0.2, 0) is 40.0 Å². The van der Waals surface area contributed by atoms with Crippen LogP contribution in [0, 0.1) is 5.92 Å². The highest BCUT2D eigenvalue weighted by Crippen LogP contribution is 2.30. The standard InChI is InChI=1S/C41H55N5O11/c1-3-12-31(37(50)39(52)42-25-34(49)45-36(41(54)55)28-15-8-5-9-16-28)43-38(51)32-17-10-18-46(32)40(53)35(27-13-6-4-7-14-27)44-33(48)23-26-21-29(56-2)24-30(22-26)57-20-11-19-47/h5,8-9,15-16,21-22,24,27,31-32,35-36,47H,3-4,6-7,10-14,17-20,23,25H2,1-2H3,(H,42,52)(H,43,51)(H,44,48)(H,45,49)(H,54,55)/t31?,32-,35?,36-/m0/s1. The number of nitrogens with one attached hydrogen (secondary N) is 4. The highest BCUT2D eigenvalue weighted by molar-refractivity contribution is 6.38. The first-order chi connectivity index (χ1) is 27.4. The van der Waals surface area contributed by atoms with Crippen molar-refractivity contribution in [2.45, 2.75) is 102 Å². The number of hydrogen-bond acceptors (Lipinski definition) is 10. The molecule has 57 heavy (non-hydrogen) atoms. The summed E-state index contributed by atoms with van der Waals surface area (Å²) in [5.41, 5.74) is 0.925. The molecular weight excluding hydrogens is 738 g/mol. The van der Waals surface area contributed by atoms with Gasteiger partial charge in [0.2, 0.25) is 29.4 Å². The van der Waals surface area contributed by atoms with E-state index < -0.39 is 60.2 Å². The number of methoxy groups -OCH3 is 1. The number of Topliss-reactive ketones (excluding diaryl/α,β-unsaturated/α-hetero) is 1. The van der Waals surface area contributed by atoms with Gasteiger partial charge in [-0.1, -0.05) is 62.9 Å². The number of amides is 5. The Balaban J connectivity index is 1.40. The Morgan fingerprint density at radius 2 is 1.60 bits per heavy atom. The van der Waals surface area contributed by atoms with Crippen molar-refractivity contribution in [1.82, 2.24) is 26.2 Å². The van der Waals surface area contributed by atoms with E-state index in [0.717, 1.165) is 32.1 Å². The Hall–Kier alpha value is -5.51. The first-order valence-corrected chi connectivity index (χ1v) is 19.7. The van der Waals surface area contributed by atoms with Crippen LogP contribution in [0.4, 0.5) is 0 Å². The number of likely N-dealkylation sites (tertiary alicyclic amines) is 1. The smallest absolute Gasteiger partial charge is 0.330 e. The van der Waals surface area contributed by atoms with Gasteiger partial charge in [-0.05, 0) is 61.3 Å². The Bertz CT molecular complexity index is 1720. The molecule has 4 rings (SSSR count). The molecule has 310 valence electrons. The lowest BCUT2D eigenvalue weighted by atomic mass is 9.83. The van der Waals surface area contributed by atoms with E-state index in [1.807, 2.05) is 0 Å². The average molecular weight is 794 g/mol. The first-order valence-electron chi connectivity index (χ1n) is 19.7. The number of rotatable bonds is 21. The van der Waals surface area contributed by atoms with Gasteiger partial charge in [-0.25, -0.2) is 4.79 Å². The molecule has 0 spiro atoms. The Morgan fingerprint density at radius 3 is 2.26 bits per heavy atom. The van der Waals surface area contributed by atoms with Gasteiger partial charge in [0, 0.05) is 25.6 Å². The number of aliphatic hydroxyl groups is 1. The number of nitrogens with zero attached hydrogens (tertiary/aromatic N) is 1. The second-order valence-corrected chi connectivity index (χ2v) is 14.4. The van der Waals surface area contributed by atoms with Gasteiger partial charge >= 0.3 is 5.97 Å². The number of ether oxygens (including phenoxy) is 2. The van der Waals surface area contributed by atoms with Crippen LogP contribution in [0.15, 0.2) is 48.5 Å². The molecule has 5 amide bonds. The molecule has 2 aliphatic rings. The summed E-state index contributed by atoms with van der Waals surface area (Å²) >= 11 is 0. The molecule has 16 heteroatoms. The summed E-state index contributed by atoms with van der Waals surface area (Å²) in [4.78, 5) is 93.6. The van der Waals surface area contributed by atoms with Crippen molar-refractivity contribution in [3.05, 3.63) is 59.7 Å². The number of carboxylic acid groups (broad SMARTS) is 1. The molecule has 1 aliphatic heterocycles. The van der Waals surface area contributed by atoms with Gasteiger partial charge in [0.1, 0.15) is 23.6 Å². The zero-order valence-corrected chi connectivity index (χ0v) is 32.6. The molecule has 2 unspecified atom stereocenters. The Labute approximate surface area is 332 Å². The van der Waals surface area contributed by atoms with Crippen molar-refractivity contribution < 1.29 is 53.2 Å². The van der Waals surface area contributed by atoms with Gasteiger partial charge < -0.3 is 45.9 Å². The van der Waals surface area contributed by atoms with Crippen LogP contribution in [0.1, 0.15) is 88.3 Å². The molecule has 2 fully saturated rings. The third-order valence-corrected chi connectivity index (χ3v) is 10.2. The fraction of sp³-hybridized carbons (Fsp3) is 0.537. The maximum Gasteiger partial charge on any atom is 0.330 e. The minimum atomic E-state index is -1.37. The predicted molar refractivity (Wildman–Crippen MR) is 207 cm³/mol. The quantitative estimate of drug-likeness (QED) is 0.0791. The van der Waals surface area contributed by atoms with Crippen molar-refractivity contribution in [2.75, 3.05) is 33.4 Å². The van der Waals surface area contributed by atoms with E-state index in [9.17, 15) is 38.7 Å². The normalized spacial score (nSPS) is 17.0. The predicted octanol–water partition coefficient (Wildman–Crippen LogP) is 1.97. The van der Waals surface area contributed by atoms with Crippen molar-refractivity contribution >= 4 is 41.3 Å². The summed E-state index contributed by atoms with van der Waals surface area (Å²) < 4.78 is 11.1. The van der Waals surface area contributed by atoms with Crippen LogP contribution in [0.3, 0.4) is 0 Å². The highest BCUT2D eigenvalue weighted by atomic mass is 16.5. The van der Waals surface area contributed by atoms with E-state index in [2.05, 4.69) is 21.3 Å². The number of hydrogen-bond donors (Lipinski definition) is 6. The summed E-state index contributed by atoms with van der Waals surface area (Å²) in [6.07, 6.45) is 6.01. The number of carbonyl (C=O) groups is 7. The zero-order valence-electron chi connectivity index (χ0n) is 32.6. The molecule has 1 aliphatic carbocycles. The molecule has 0 aromatic heterocycles. The van der Waals surface area contributed by atoms with Crippen LogP contribution in [0.5, 0.6) is 11.5 Å². The minimum absolute atomic E-state index is 0.0272. The van der Waals surface area contributed by atoms with Gasteiger partial charge in [0.15, 0.2) is 6.04 Å². The van der Waals surface area contributed by atoms with E-state index in [-0.39, 0.29) is 50.3 Å².